The summed E-state index contributed by atoms with van der Waals surface area (Å²) >= 11 is 1.44. The molecule has 0 fully saturated rings. The number of rotatable bonds is 6. The number of benzene rings is 1. The Morgan fingerprint density at radius 2 is 2.04 bits per heavy atom. The van der Waals surface area contributed by atoms with Crippen LogP contribution >= 0.6 is 11.3 Å². The molecule has 3 aromatic rings. The van der Waals surface area contributed by atoms with Crippen LogP contribution < -0.4 is 16.2 Å². The lowest BCUT2D eigenvalue weighted by Gasteiger charge is -2.09. The van der Waals surface area contributed by atoms with E-state index in [0.29, 0.717) is 23.6 Å². The number of thiazole rings is 1. The topological polar surface area (TPSA) is 75.5 Å². The molecule has 0 bridgehead atoms. The zero-order valence-electron chi connectivity index (χ0n) is 14.2. The minimum Gasteiger partial charge on any atom is -0.379 e. The number of amides is 1. The first-order valence-electron chi connectivity index (χ1n) is 8.09. The average Bonchev–Trinajstić information content (AvgIpc) is 3.02. The van der Waals surface area contributed by atoms with E-state index in [9.17, 15) is 9.59 Å². The number of carbonyl (C=O) groups is 1. The molecule has 0 aliphatic heterocycles. The summed E-state index contributed by atoms with van der Waals surface area (Å²) in [5, 5.41) is 7.97. The normalized spacial score (nSPS) is 11.0. The van der Waals surface area contributed by atoms with Crippen molar-refractivity contribution in [3.05, 3.63) is 63.5 Å². The predicted octanol–water partition coefficient (Wildman–Crippen LogP) is 2.44. The number of anilines is 1. The van der Waals surface area contributed by atoms with E-state index in [0.717, 1.165) is 11.3 Å². The molecule has 0 radical (unpaired) electrons. The second-order valence-electron chi connectivity index (χ2n) is 6.09. The van der Waals surface area contributed by atoms with Crippen LogP contribution in [0.4, 0.5) is 5.69 Å². The van der Waals surface area contributed by atoms with E-state index in [1.54, 1.807) is 6.20 Å². The fourth-order valence-electron chi connectivity index (χ4n) is 2.47. The van der Waals surface area contributed by atoms with Gasteiger partial charge in [-0.25, -0.2) is 4.98 Å². The van der Waals surface area contributed by atoms with E-state index >= 15 is 0 Å². The largest absolute Gasteiger partial charge is 0.379 e. The summed E-state index contributed by atoms with van der Waals surface area (Å²) in [4.78, 5) is 28.9. The van der Waals surface area contributed by atoms with E-state index in [1.165, 1.54) is 21.8 Å². The van der Waals surface area contributed by atoms with E-state index in [4.69, 9.17) is 0 Å². The van der Waals surface area contributed by atoms with Crippen LogP contribution in [0.2, 0.25) is 0 Å². The highest BCUT2D eigenvalue weighted by Crippen LogP contribution is 2.12. The molecule has 2 heterocycles. The SMILES string of the molecule is CC(C)NC(=O)Cc1ccc(NCc2cc(=O)n3ccsc3n2)cc1. The molecule has 0 saturated heterocycles. The highest BCUT2D eigenvalue weighted by Gasteiger charge is 2.06. The Morgan fingerprint density at radius 1 is 1.28 bits per heavy atom. The smallest absolute Gasteiger partial charge is 0.258 e. The molecular weight excluding hydrogens is 336 g/mol. The Hall–Kier alpha value is -2.67. The molecule has 0 atom stereocenters. The van der Waals surface area contributed by atoms with Crippen LogP contribution in [0.5, 0.6) is 0 Å². The Balaban J connectivity index is 1.61. The Kier molecular flexibility index (Phi) is 5.14. The Morgan fingerprint density at radius 3 is 2.76 bits per heavy atom. The van der Waals surface area contributed by atoms with E-state index < -0.39 is 0 Å². The summed E-state index contributed by atoms with van der Waals surface area (Å²) in [5.41, 5.74) is 2.50. The summed E-state index contributed by atoms with van der Waals surface area (Å²) in [7, 11) is 0. The minimum absolute atomic E-state index is 0.0182. The van der Waals surface area contributed by atoms with Gasteiger partial charge in [-0.2, -0.15) is 0 Å². The molecule has 3 rings (SSSR count). The molecule has 0 aliphatic rings. The molecular formula is C18H20N4O2S. The molecule has 25 heavy (non-hydrogen) atoms. The quantitative estimate of drug-likeness (QED) is 0.711. The van der Waals surface area contributed by atoms with Crippen LogP contribution in [0.25, 0.3) is 4.96 Å². The van der Waals surface area contributed by atoms with Crippen molar-refractivity contribution in [2.75, 3.05) is 5.32 Å². The van der Waals surface area contributed by atoms with Crippen molar-refractivity contribution in [1.29, 1.82) is 0 Å². The van der Waals surface area contributed by atoms with Crippen LogP contribution in [0.15, 0.2) is 46.7 Å². The maximum absolute atomic E-state index is 12.0. The maximum atomic E-state index is 12.0. The fourth-order valence-corrected chi connectivity index (χ4v) is 3.21. The molecule has 7 heteroatoms. The third-order valence-corrected chi connectivity index (χ3v) is 4.35. The molecule has 1 amide bonds. The van der Waals surface area contributed by atoms with Gasteiger partial charge in [-0.1, -0.05) is 12.1 Å². The third-order valence-electron chi connectivity index (χ3n) is 3.60. The first-order valence-corrected chi connectivity index (χ1v) is 8.97. The molecule has 130 valence electrons. The number of fused-ring (bicyclic) bond motifs is 1. The molecule has 6 nitrogen and oxygen atoms in total. The molecule has 0 unspecified atom stereocenters. The lowest BCUT2D eigenvalue weighted by atomic mass is 10.1. The second kappa shape index (κ2) is 7.48. The third kappa shape index (κ3) is 4.45. The lowest BCUT2D eigenvalue weighted by Crippen LogP contribution is -2.31. The van der Waals surface area contributed by atoms with Gasteiger partial charge >= 0.3 is 0 Å². The first-order chi connectivity index (χ1) is 12.0. The second-order valence-corrected chi connectivity index (χ2v) is 6.96. The van der Waals surface area contributed by atoms with E-state index in [1.807, 2.05) is 43.5 Å². The summed E-state index contributed by atoms with van der Waals surface area (Å²) in [5.74, 6) is 0.0182. The van der Waals surface area contributed by atoms with Crippen molar-refractivity contribution in [1.82, 2.24) is 14.7 Å². The van der Waals surface area contributed by atoms with Gasteiger partial charge in [0.2, 0.25) is 5.91 Å². The average molecular weight is 356 g/mol. The van der Waals surface area contributed by atoms with Crippen LogP contribution in [-0.4, -0.2) is 21.3 Å². The zero-order valence-corrected chi connectivity index (χ0v) is 15.0. The van der Waals surface area contributed by atoms with Gasteiger partial charge in [0.05, 0.1) is 18.7 Å². The number of nitrogens with zero attached hydrogens (tertiary/aromatic N) is 2. The monoisotopic (exact) mass is 356 g/mol. The van der Waals surface area contributed by atoms with Crippen molar-refractivity contribution in [2.24, 2.45) is 0 Å². The van der Waals surface area contributed by atoms with Crippen molar-refractivity contribution < 1.29 is 4.79 Å². The van der Waals surface area contributed by atoms with Gasteiger partial charge in [0.15, 0.2) is 4.96 Å². The molecule has 0 aliphatic carbocycles. The van der Waals surface area contributed by atoms with Gasteiger partial charge in [-0.3, -0.25) is 14.0 Å². The standard InChI is InChI=1S/C18H20N4O2S/c1-12(2)20-16(23)9-13-3-5-14(6-4-13)19-11-15-10-17(24)22-7-8-25-18(22)21-15/h3-8,10,12,19H,9,11H2,1-2H3,(H,20,23). The molecule has 0 saturated carbocycles. The number of carbonyl (C=O) groups excluding carboxylic acids is 1. The summed E-state index contributed by atoms with van der Waals surface area (Å²) in [6.07, 6.45) is 2.09. The van der Waals surface area contributed by atoms with E-state index in [2.05, 4.69) is 15.6 Å². The Bertz CT molecular complexity index is 928. The predicted molar refractivity (Wildman–Crippen MR) is 100 cm³/mol. The van der Waals surface area contributed by atoms with Gasteiger partial charge in [0, 0.05) is 29.4 Å². The van der Waals surface area contributed by atoms with Crippen LogP contribution in [0.1, 0.15) is 25.1 Å². The van der Waals surface area contributed by atoms with Crippen molar-refractivity contribution in [3.8, 4) is 0 Å². The van der Waals surface area contributed by atoms with E-state index in [-0.39, 0.29) is 17.5 Å². The minimum atomic E-state index is -0.0745. The number of aromatic nitrogens is 2. The summed E-state index contributed by atoms with van der Waals surface area (Å²) in [6, 6.07) is 9.38. The van der Waals surface area contributed by atoms with Crippen molar-refractivity contribution >= 4 is 27.9 Å². The number of hydrogen-bond acceptors (Lipinski definition) is 5. The van der Waals surface area contributed by atoms with Gasteiger partial charge in [0.1, 0.15) is 0 Å². The summed E-state index contributed by atoms with van der Waals surface area (Å²) in [6.45, 7) is 4.35. The molecule has 0 spiro atoms. The fraction of sp³-hybridized carbons (Fsp3) is 0.278. The van der Waals surface area contributed by atoms with Gasteiger partial charge < -0.3 is 10.6 Å². The molecule has 1 aromatic carbocycles. The van der Waals surface area contributed by atoms with Crippen molar-refractivity contribution in [2.45, 2.75) is 32.9 Å². The number of nitrogens with one attached hydrogen (secondary N) is 2. The lowest BCUT2D eigenvalue weighted by molar-refractivity contribution is -0.120. The highest BCUT2D eigenvalue weighted by molar-refractivity contribution is 7.15. The van der Waals surface area contributed by atoms with Gasteiger partial charge in [-0.15, -0.1) is 11.3 Å². The number of hydrogen-bond donors (Lipinski definition) is 2. The molecule has 2 N–H and O–H groups in total. The van der Waals surface area contributed by atoms with Crippen LogP contribution in [0.3, 0.4) is 0 Å². The van der Waals surface area contributed by atoms with Crippen LogP contribution in [-0.2, 0) is 17.8 Å². The van der Waals surface area contributed by atoms with Crippen LogP contribution in [0, 0.1) is 0 Å². The molecule has 2 aromatic heterocycles. The van der Waals surface area contributed by atoms with Gasteiger partial charge in [-0.05, 0) is 31.5 Å². The van der Waals surface area contributed by atoms with Gasteiger partial charge in [0.25, 0.3) is 5.56 Å². The highest BCUT2D eigenvalue weighted by atomic mass is 32.1. The zero-order chi connectivity index (χ0) is 17.8. The first kappa shape index (κ1) is 17.2. The Labute approximate surface area is 149 Å². The summed E-state index contributed by atoms with van der Waals surface area (Å²) < 4.78 is 1.53. The maximum Gasteiger partial charge on any atom is 0.258 e. The van der Waals surface area contributed by atoms with Crippen molar-refractivity contribution in [3.63, 3.8) is 0 Å².